The van der Waals surface area contributed by atoms with Crippen molar-refractivity contribution in [3.05, 3.63) is 106 Å². The summed E-state index contributed by atoms with van der Waals surface area (Å²) >= 11 is 0. The van der Waals surface area contributed by atoms with Crippen LogP contribution < -0.4 is 15.6 Å². The smallest absolute Gasteiger partial charge is 0.204 e. The van der Waals surface area contributed by atoms with Gasteiger partial charge < -0.3 is 34.0 Å². The van der Waals surface area contributed by atoms with E-state index in [1.165, 1.54) is 48.9 Å². The van der Waals surface area contributed by atoms with E-state index in [4.69, 9.17) is 13.6 Å². The van der Waals surface area contributed by atoms with Crippen LogP contribution in [-0.2, 0) is 0 Å². The van der Waals surface area contributed by atoms with Crippen molar-refractivity contribution in [1.29, 1.82) is 0 Å². The van der Waals surface area contributed by atoms with Crippen LogP contribution in [0.15, 0.2) is 104 Å². The Kier molecular flexibility index (Phi) is 5.46. The molecule has 9 nitrogen and oxygen atoms in total. The third-order valence-electron chi connectivity index (χ3n) is 6.26. The molecule has 0 atom stereocenters. The summed E-state index contributed by atoms with van der Waals surface area (Å²) < 4.78 is 16.8. The van der Waals surface area contributed by atoms with E-state index >= 15 is 0 Å². The molecular formula is C30H18O9. The van der Waals surface area contributed by atoms with Crippen LogP contribution in [0.5, 0.6) is 34.5 Å². The van der Waals surface area contributed by atoms with E-state index in [1.54, 1.807) is 30.3 Å². The lowest BCUT2D eigenvalue weighted by Crippen LogP contribution is -2.05. The van der Waals surface area contributed by atoms with Crippen LogP contribution in [0.4, 0.5) is 0 Å². The van der Waals surface area contributed by atoms with Gasteiger partial charge in [0.15, 0.2) is 16.9 Å². The Morgan fingerprint density at radius 3 is 2.03 bits per heavy atom. The van der Waals surface area contributed by atoms with Gasteiger partial charge in [-0.3, -0.25) is 9.59 Å². The van der Waals surface area contributed by atoms with Crippen LogP contribution in [0.1, 0.15) is 0 Å². The number of benzene rings is 4. The van der Waals surface area contributed by atoms with Crippen molar-refractivity contribution >= 4 is 21.9 Å². The van der Waals surface area contributed by atoms with E-state index < -0.39 is 11.2 Å². The van der Waals surface area contributed by atoms with E-state index in [0.29, 0.717) is 22.3 Å². The molecule has 0 aliphatic carbocycles. The molecule has 4 N–H and O–H groups in total. The van der Waals surface area contributed by atoms with Crippen molar-refractivity contribution in [2.24, 2.45) is 0 Å². The second kappa shape index (κ2) is 9.00. The Hall–Kier alpha value is -5.70. The molecule has 0 aliphatic rings. The number of phenolic OH excluding ortho intramolecular Hbond substituents is 4. The van der Waals surface area contributed by atoms with Crippen LogP contribution in [0.2, 0.25) is 0 Å². The summed E-state index contributed by atoms with van der Waals surface area (Å²) in [5, 5.41) is 40.0. The molecule has 0 saturated heterocycles. The zero-order valence-electron chi connectivity index (χ0n) is 19.9. The van der Waals surface area contributed by atoms with E-state index in [1.807, 2.05) is 0 Å². The molecule has 9 heteroatoms. The Morgan fingerprint density at radius 2 is 1.26 bits per heavy atom. The highest BCUT2D eigenvalue weighted by atomic mass is 16.5. The first-order chi connectivity index (χ1) is 18.8. The fourth-order valence-corrected chi connectivity index (χ4v) is 4.33. The summed E-state index contributed by atoms with van der Waals surface area (Å²) in [5.41, 5.74) is 0.878. The average molecular weight is 522 g/mol. The standard InChI is InChI=1S/C30H18O9/c31-17-4-7-20-25(11-17)37-14-22(29(20)35)16-3-8-23(33)26(9-16)39-19-5-1-15(2-6-19)21-13-38-27-12-18(32)10-24(34)28(27)30(21)36/h1-14,31-34H. The van der Waals surface area contributed by atoms with Gasteiger partial charge in [0, 0.05) is 18.2 Å². The van der Waals surface area contributed by atoms with Gasteiger partial charge in [-0.25, -0.2) is 0 Å². The quantitative estimate of drug-likeness (QED) is 0.224. The Balaban J connectivity index is 1.32. The average Bonchev–Trinajstić information content (AvgIpc) is 2.90. The summed E-state index contributed by atoms with van der Waals surface area (Å²) in [6.45, 7) is 0. The fraction of sp³-hybridized carbons (Fsp3) is 0. The third-order valence-corrected chi connectivity index (χ3v) is 6.26. The second-order valence-corrected chi connectivity index (χ2v) is 8.78. The molecule has 0 amide bonds. The van der Waals surface area contributed by atoms with Crippen LogP contribution >= 0.6 is 0 Å². The largest absolute Gasteiger partial charge is 0.508 e. The highest BCUT2D eigenvalue weighted by Gasteiger charge is 2.16. The highest BCUT2D eigenvalue weighted by molar-refractivity contribution is 5.88. The molecule has 0 aliphatic heterocycles. The molecule has 2 aromatic heterocycles. The number of rotatable bonds is 4. The maximum atomic E-state index is 13.0. The zero-order chi connectivity index (χ0) is 27.3. The number of fused-ring (bicyclic) bond motifs is 2. The molecule has 6 rings (SSSR count). The van der Waals surface area contributed by atoms with Gasteiger partial charge in [-0.1, -0.05) is 18.2 Å². The lowest BCUT2D eigenvalue weighted by Gasteiger charge is -2.11. The maximum Gasteiger partial charge on any atom is 0.204 e. The molecule has 0 saturated carbocycles. The lowest BCUT2D eigenvalue weighted by atomic mass is 10.0. The van der Waals surface area contributed by atoms with E-state index in [2.05, 4.69) is 0 Å². The van der Waals surface area contributed by atoms with E-state index in [-0.39, 0.29) is 56.1 Å². The number of ether oxygens (including phenoxy) is 1. The highest BCUT2D eigenvalue weighted by Crippen LogP contribution is 2.36. The monoisotopic (exact) mass is 522 g/mol. The Labute approximate surface area is 218 Å². The molecule has 39 heavy (non-hydrogen) atoms. The van der Waals surface area contributed by atoms with Crippen molar-refractivity contribution in [3.63, 3.8) is 0 Å². The number of aromatic hydroxyl groups is 4. The number of hydrogen-bond acceptors (Lipinski definition) is 9. The number of hydrogen-bond donors (Lipinski definition) is 4. The van der Waals surface area contributed by atoms with Gasteiger partial charge >= 0.3 is 0 Å². The first-order valence-electron chi connectivity index (χ1n) is 11.6. The maximum absolute atomic E-state index is 13.0. The molecular weight excluding hydrogens is 504 g/mol. The SMILES string of the molecule is O=c1c(-c2ccc(O)c(Oc3ccc(-c4coc5cc(O)cc(O)c5c4=O)cc3)c2)coc2cc(O)ccc12. The zero-order valence-corrected chi connectivity index (χ0v) is 19.9. The van der Waals surface area contributed by atoms with Gasteiger partial charge in [0.25, 0.3) is 0 Å². The van der Waals surface area contributed by atoms with Gasteiger partial charge in [-0.2, -0.15) is 0 Å². The van der Waals surface area contributed by atoms with Crippen LogP contribution in [-0.4, -0.2) is 20.4 Å². The van der Waals surface area contributed by atoms with Gasteiger partial charge in [0.05, 0.1) is 16.5 Å². The predicted octanol–water partition coefficient (Wildman–Crippen LogP) is 5.85. The molecule has 192 valence electrons. The Morgan fingerprint density at radius 1 is 0.590 bits per heavy atom. The first-order valence-corrected chi connectivity index (χ1v) is 11.6. The minimum atomic E-state index is -0.475. The minimum absolute atomic E-state index is 0.0235. The first kappa shape index (κ1) is 23.7. The molecule has 0 unspecified atom stereocenters. The summed E-state index contributed by atoms with van der Waals surface area (Å²) in [6, 6.07) is 17.4. The normalized spacial score (nSPS) is 11.2. The van der Waals surface area contributed by atoms with E-state index in [0.717, 1.165) is 6.07 Å². The van der Waals surface area contributed by atoms with Crippen LogP contribution in [0, 0.1) is 0 Å². The van der Waals surface area contributed by atoms with Gasteiger partial charge in [0.2, 0.25) is 5.43 Å². The van der Waals surface area contributed by atoms with Gasteiger partial charge in [-0.05, 0) is 47.5 Å². The van der Waals surface area contributed by atoms with Gasteiger partial charge in [0.1, 0.15) is 52.1 Å². The van der Waals surface area contributed by atoms with Crippen molar-refractivity contribution in [2.45, 2.75) is 0 Å². The minimum Gasteiger partial charge on any atom is -0.508 e. The van der Waals surface area contributed by atoms with Crippen LogP contribution in [0.25, 0.3) is 44.2 Å². The molecule has 0 spiro atoms. The summed E-state index contributed by atoms with van der Waals surface area (Å²) in [4.78, 5) is 26.0. The predicted molar refractivity (Wildman–Crippen MR) is 143 cm³/mol. The molecule has 0 fully saturated rings. The Bertz CT molecular complexity index is 2020. The lowest BCUT2D eigenvalue weighted by molar-refractivity contribution is 0.411. The fourth-order valence-electron chi connectivity index (χ4n) is 4.33. The summed E-state index contributed by atoms with van der Waals surface area (Å²) in [6.07, 6.45) is 2.52. The number of phenols is 4. The molecule has 0 bridgehead atoms. The van der Waals surface area contributed by atoms with Crippen molar-refractivity contribution in [2.75, 3.05) is 0 Å². The van der Waals surface area contributed by atoms with E-state index in [9.17, 15) is 30.0 Å². The topological polar surface area (TPSA) is 151 Å². The molecule has 6 aromatic rings. The molecule has 4 aromatic carbocycles. The molecule has 2 heterocycles. The third kappa shape index (κ3) is 4.17. The van der Waals surface area contributed by atoms with Crippen molar-refractivity contribution < 1.29 is 34.0 Å². The van der Waals surface area contributed by atoms with Crippen LogP contribution in [0.3, 0.4) is 0 Å². The summed E-state index contributed by atoms with van der Waals surface area (Å²) in [7, 11) is 0. The van der Waals surface area contributed by atoms with Crippen molar-refractivity contribution in [1.82, 2.24) is 0 Å². The molecule has 0 radical (unpaired) electrons. The van der Waals surface area contributed by atoms with Crippen molar-refractivity contribution in [3.8, 4) is 56.8 Å². The summed E-state index contributed by atoms with van der Waals surface area (Å²) in [5.74, 6) is -0.386. The second-order valence-electron chi connectivity index (χ2n) is 8.78. The van der Waals surface area contributed by atoms with Gasteiger partial charge in [-0.15, -0.1) is 0 Å².